The molecule has 4 N–H and O–H groups in total. The van der Waals surface area contributed by atoms with Crippen LogP contribution in [-0.4, -0.2) is 81.6 Å². The second kappa shape index (κ2) is 13.7. The maximum Gasteiger partial charge on any atom is 0.299 e. The molecular weight excluding hydrogens is 624 g/mol. The monoisotopic (exact) mass is 661 g/mol. The number of aryl methyl sites for hydroxylation is 2. The van der Waals surface area contributed by atoms with Gasteiger partial charge in [0.15, 0.2) is 42.2 Å². The highest BCUT2D eigenvalue weighted by atomic mass is 35.5. The molecule has 1 fully saturated rings. The van der Waals surface area contributed by atoms with Crippen LogP contribution in [0, 0.1) is 0 Å². The first-order valence-electron chi connectivity index (χ1n) is 14.3. The lowest BCUT2D eigenvalue weighted by molar-refractivity contribution is -0.922. The quantitative estimate of drug-likeness (QED) is 0.291. The number of nitrogen functional groups attached to an aromatic ring is 2. The van der Waals surface area contributed by atoms with Gasteiger partial charge in [-0.05, 0) is 54.7 Å². The van der Waals surface area contributed by atoms with Gasteiger partial charge in [-0.25, -0.2) is 31.8 Å². The molecule has 0 radical (unpaired) electrons. The molecule has 0 bridgehead atoms. The average molecular weight is 662 g/mol. The van der Waals surface area contributed by atoms with E-state index < -0.39 is 25.6 Å². The molecule has 1 aliphatic rings. The molecule has 1 saturated heterocycles. The van der Waals surface area contributed by atoms with Gasteiger partial charge in [0.25, 0.3) is 5.91 Å². The number of rotatable bonds is 11. The molecule has 4 rings (SSSR count). The van der Waals surface area contributed by atoms with Gasteiger partial charge >= 0.3 is 0 Å². The third-order valence-corrected chi connectivity index (χ3v) is 10.4. The highest BCUT2D eigenvalue weighted by Crippen LogP contribution is 2.24. The Hall–Kier alpha value is -3.39. The lowest BCUT2D eigenvalue weighted by atomic mass is 10.0. The Bertz CT molecular complexity index is 1680. The van der Waals surface area contributed by atoms with Crippen LogP contribution in [0.25, 0.3) is 0 Å². The predicted octanol–water partition coefficient (Wildman–Crippen LogP) is 3.56. The molecule has 44 heavy (non-hydrogen) atoms. The van der Waals surface area contributed by atoms with E-state index in [9.17, 15) is 21.6 Å². The Morgan fingerprint density at radius 1 is 0.841 bits per heavy atom. The molecule has 3 aromatic rings. The van der Waals surface area contributed by atoms with E-state index in [0.29, 0.717) is 22.8 Å². The van der Waals surface area contributed by atoms with Crippen molar-refractivity contribution in [2.75, 3.05) is 50.2 Å². The number of carbonyl (C=O) groups excluding carboxylic acids is 1. The standard InChI is InChI=1S/C30H37ClN6O5S2/c1-43(39,40)24-13-9-21(10-14-24)6-3-17-37(18-4-7-22-11-15-25(16-12-22)44(2,41)42)19-5-8-23(20-37)34-30(38)26-28(32)36-29(33)27(31)35-26/h9-16H,3-8,17-20H2,1-2H3,(H3-,32,33,36,38)/p+1. The lowest BCUT2D eigenvalue weighted by Crippen LogP contribution is -2.55. The number of halogens is 1. The number of quaternary nitrogens is 1. The first-order valence-corrected chi connectivity index (χ1v) is 18.4. The molecule has 1 aliphatic heterocycles. The summed E-state index contributed by atoms with van der Waals surface area (Å²) in [4.78, 5) is 25.9. The third-order valence-electron chi connectivity index (χ3n) is 7.88. The summed E-state index contributed by atoms with van der Waals surface area (Å²) in [6, 6.07) is 14.0. The topological polar surface area (TPSA) is 176 Å². The van der Waals surface area contributed by atoms with Crippen molar-refractivity contribution >= 4 is 54.5 Å². The average Bonchev–Trinajstić information content (AvgIpc) is 2.95. The number of aliphatic imine (C=N–C) groups is 1. The number of piperidine rings is 1. The minimum atomic E-state index is -3.26. The van der Waals surface area contributed by atoms with Crippen LogP contribution < -0.4 is 11.5 Å². The van der Waals surface area contributed by atoms with Crippen molar-refractivity contribution in [3.8, 4) is 0 Å². The Balaban J connectivity index is 1.50. The highest BCUT2D eigenvalue weighted by Gasteiger charge is 2.33. The summed E-state index contributed by atoms with van der Waals surface area (Å²) in [5, 5.41) is -0.106. The lowest BCUT2D eigenvalue weighted by Gasteiger charge is -2.42. The van der Waals surface area contributed by atoms with E-state index in [0.717, 1.165) is 73.1 Å². The van der Waals surface area contributed by atoms with Gasteiger partial charge in [0.1, 0.15) is 6.54 Å². The van der Waals surface area contributed by atoms with E-state index in [-0.39, 0.29) is 22.5 Å². The van der Waals surface area contributed by atoms with Gasteiger partial charge in [-0.15, -0.1) is 0 Å². The Labute approximate surface area is 263 Å². The van der Waals surface area contributed by atoms with E-state index in [2.05, 4.69) is 15.0 Å². The molecule has 0 saturated carbocycles. The molecule has 2 aromatic carbocycles. The van der Waals surface area contributed by atoms with Gasteiger partial charge in [0.05, 0.1) is 35.1 Å². The van der Waals surface area contributed by atoms with Gasteiger partial charge in [0, 0.05) is 31.8 Å². The zero-order valence-electron chi connectivity index (χ0n) is 24.9. The van der Waals surface area contributed by atoms with E-state index in [1.807, 2.05) is 24.3 Å². The number of sulfone groups is 2. The Morgan fingerprint density at radius 3 is 1.82 bits per heavy atom. The predicted molar refractivity (Wildman–Crippen MR) is 172 cm³/mol. The van der Waals surface area contributed by atoms with Gasteiger partial charge in [-0.3, -0.25) is 4.79 Å². The fraction of sp³-hybridized carbons (Fsp3) is 0.400. The van der Waals surface area contributed by atoms with Gasteiger partial charge in [0.2, 0.25) is 0 Å². The molecule has 1 amide bonds. The van der Waals surface area contributed by atoms with Crippen LogP contribution >= 0.6 is 11.6 Å². The minimum absolute atomic E-state index is 0.0568. The summed E-state index contributed by atoms with van der Waals surface area (Å²) >= 11 is 5.98. The van der Waals surface area contributed by atoms with Crippen molar-refractivity contribution in [2.45, 2.75) is 48.3 Å². The van der Waals surface area contributed by atoms with Gasteiger partial charge in [-0.1, -0.05) is 35.9 Å². The number of hydrogen-bond donors (Lipinski definition) is 2. The SMILES string of the molecule is CS(=O)(=O)c1ccc(CCC[N+]2(CCCc3ccc(S(C)(=O)=O)cc3)CCCC(=NC(=O)c3nc(Cl)c(N)nc3N)C2)cc1. The van der Waals surface area contributed by atoms with Crippen LogP contribution in [0.15, 0.2) is 63.3 Å². The van der Waals surface area contributed by atoms with Crippen LogP contribution in [0.4, 0.5) is 11.6 Å². The minimum Gasteiger partial charge on any atom is -0.382 e. The maximum atomic E-state index is 13.0. The number of nitrogens with two attached hydrogens (primary N) is 2. The van der Waals surface area contributed by atoms with Crippen LogP contribution in [-0.2, 0) is 32.5 Å². The van der Waals surface area contributed by atoms with Crippen molar-refractivity contribution < 1.29 is 26.1 Å². The van der Waals surface area contributed by atoms with Crippen LogP contribution in [0.1, 0.15) is 47.3 Å². The number of benzene rings is 2. The summed E-state index contributed by atoms with van der Waals surface area (Å²) in [7, 11) is -6.51. The fourth-order valence-corrected chi connectivity index (χ4v) is 6.98. The smallest absolute Gasteiger partial charge is 0.299 e. The zero-order chi connectivity index (χ0) is 32.1. The summed E-state index contributed by atoms with van der Waals surface area (Å²) in [6.45, 7) is 3.18. The van der Waals surface area contributed by atoms with Gasteiger partial charge < -0.3 is 16.0 Å². The van der Waals surface area contributed by atoms with E-state index >= 15 is 0 Å². The molecule has 0 atom stereocenters. The second-order valence-corrected chi connectivity index (χ2v) is 15.8. The maximum absolute atomic E-state index is 13.0. The second-order valence-electron chi connectivity index (χ2n) is 11.4. The number of amides is 1. The number of hydrogen-bond acceptors (Lipinski definition) is 9. The molecule has 1 aromatic heterocycles. The molecule has 0 unspecified atom stereocenters. The molecule has 236 valence electrons. The van der Waals surface area contributed by atoms with Crippen molar-refractivity contribution in [3.05, 3.63) is 70.5 Å². The normalized spacial score (nSPS) is 16.2. The summed E-state index contributed by atoms with van der Waals surface area (Å²) in [6.07, 6.45) is 7.17. The molecule has 14 heteroatoms. The first kappa shape index (κ1) is 33.5. The number of likely N-dealkylation sites (tertiary alicyclic amines) is 1. The van der Waals surface area contributed by atoms with Crippen LogP contribution in [0.5, 0.6) is 0 Å². The van der Waals surface area contributed by atoms with E-state index in [1.54, 1.807) is 24.3 Å². The van der Waals surface area contributed by atoms with Crippen molar-refractivity contribution in [1.82, 2.24) is 9.97 Å². The molecule has 11 nitrogen and oxygen atoms in total. The number of nitrogens with zero attached hydrogens (tertiary/aromatic N) is 4. The third kappa shape index (κ3) is 8.84. The van der Waals surface area contributed by atoms with Crippen molar-refractivity contribution in [3.63, 3.8) is 0 Å². The number of aromatic nitrogens is 2. The van der Waals surface area contributed by atoms with E-state index in [4.69, 9.17) is 23.1 Å². The highest BCUT2D eigenvalue weighted by molar-refractivity contribution is 7.91. The molecule has 2 heterocycles. The number of carbonyl (C=O) groups is 1. The van der Waals surface area contributed by atoms with Crippen LogP contribution in [0.3, 0.4) is 0 Å². The fourth-order valence-electron chi connectivity index (χ4n) is 5.59. The van der Waals surface area contributed by atoms with Gasteiger partial charge in [-0.2, -0.15) is 0 Å². The summed E-state index contributed by atoms with van der Waals surface area (Å²) < 4.78 is 48.0. The molecular formula is C30H38ClN6O5S2+. The molecule has 0 spiro atoms. The molecule has 0 aliphatic carbocycles. The Morgan fingerprint density at radius 2 is 1.34 bits per heavy atom. The first-order chi connectivity index (χ1) is 20.6. The van der Waals surface area contributed by atoms with Crippen molar-refractivity contribution in [2.24, 2.45) is 4.99 Å². The number of anilines is 2. The summed E-state index contributed by atoms with van der Waals surface area (Å²) in [5.41, 5.74) is 14.3. The zero-order valence-corrected chi connectivity index (χ0v) is 27.3. The summed E-state index contributed by atoms with van der Waals surface area (Å²) in [5.74, 6) is -0.788. The van der Waals surface area contributed by atoms with E-state index in [1.165, 1.54) is 12.5 Å². The van der Waals surface area contributed by atoms with Crippen molar-refractivity contribution in [1.29, 1.82) is 0 Å². The van der Waals surface area contributed by atoms with Crippen LogP contribution in [0.2, 0.25) is 5.15 Å². The Kier molecular flexibility index (Phi) is 10.4. The largest absolute Gasteiger partial charge is 0.382 e.